The molecule has 0 bridgehead atoms. The van der Waals surface area contributed by atoms with Gasteiger partial charge >= 0.3 is 0 Å². The summed E-state index contributed by atoms with van der Waals surface area (Å²) in [5.41, 5.74) is 3.53. The van der Waals surface area contributed by atoms with Crippen molar-refractivity contribution in [1.29, 1.82) is 0 Å². The lowest BCUT2D eigenvalue weighted by Crippen LogP contribution is -2.47. The normalized spacial score (nSPS) is 12.3. The molecule has 1 N–H and O–H groups in total. The highest BCUT2D eigenvalue weighted by molar-refractivity contribution is 9.10. The first-order valence-corrected chi connectivity index (χ1v) is 12.3. The monoisotopic (exact) mass is 500 g/mol. The van der Waals surface area contributed by atoms with Crippen LogP contribution in [0.3, 0.4) is 0 Å². The molecule has 174 valence electrons. The summed E-state index contributed by atoms with van der Waals surface area (Å²) < 4.78 is 0.989. The van der Waals surface area contributed by atoms with Crippen molar-refractivity contribution in [2.45, 2.75) is 78.3 Å². The molecule has 0 aliphatic carbocycles. The minimum atomic E-state index is -0.522. The van der Waals surface area contributed by atoms with Crippen molar-refractivity contribution in [3.63, 3.8) is 0 Å². The van der Waals surface area contributed by atoms with Gasteiger partial charge in [0, 0.05) is 24.0 Å². The first-order valence-electron chi connectivity index (χ1n) is 11.5. The lowest BCUT2D eigenvalue weighted by Gasteiger charge is -2.29. The van der Waals surface area contributed by atoms with Gasteiger partial charge in [0.15, 0.2) is 0 Å². The lowest BCUT2D eigenvalue weighted by molar-refractivity contribution is -0.140. The second kappa shape index (κ2) is 12.2. The summed E-state index contributed by atoms with van der Waals surface area (Å²) in [6, 6.07) is 15.9. The van der Waals surface area contributed by atoms with Crippen LogP contribution in [0, 0.1) is 0 Å². The molecule has 0 fully saturated rings. The average Bonchev–Trinajstić information content (AvgIpc) is 2.76. The van der Waals surface area contributed by atoms with Crippen molar-refractivity contribution in [1.82, 2.24) is 10.2 Å². The first kappa shape index (κ1) is 26.1. The molecule has 0 heterocycles. The van der Waals surface area contributed by atoms with Gasteiger partial charge in [-0.25, -0.2) is 0 Å². The highest BCUT2D eigenvalue weighted by Crippen LogP contribution is 2.23. The third-order valence-electron chi connectivity index (χ3n) is 5.71. The van der Waals surface area contributed by atoms with Crippen molar-refractivity contribution in [2.24, 2.45) is 0 Å². The van der Waals surface area contributed by atoms with Crippen molar-refractivity contribution >= 4 is 27.7 Å². The Kier molecular flexibility index (Phi) is 9.95. The van der Waals surface area contributed by atoms with Crippen LogP contribution in [-0.4, -0.2) is 29.3 Å². The fraction of sp³-hybridized carbons (Fsp3) is 0.481. The summed E-state index contributed by atoms with van der Waals surface area (Å²) in [6.07, 6.45) is 2.98. The summed E-state index contributed by atoms with van der Waals surface area (Å²) in [5.74, 6) is -0.107. The number of nitrogens with zero attached hydrogens (tertiary/aromatic N) is 1. The van der Waals surface area contributed by atoms with Crippen LogP contribution in [0.15, 0.2) is 53.0 Å². The van der Waals surface area contributed by atoms with Gasteiger partial charge in [0.1, 0.15) is 6.04 Å². The van der Waals surface area contributed by atoms with Gasteiger partial charge in [-0.15, -0.1) is 0 Å². The van der Waals surface area contributed by atoms with E-state index in [1.54, 1.807) is 4.90 Å². The van der Waals surface area contributed by atoms with Crippen LogP contribution in [0.1, 0.15) is 70.6 Å². The SMILES string of the molecule is CCCCNC(=O)C(C)N(Cc1ccc(Br)cc1)C(=O)CCc1ccc(C(C)(C)C)cc1. The van der Waals surface area contributed by atoms with Gasteiger partial charge in [-0.2, -0.15) is 0 Å². The zero-order chi connectivity index (χ0) is 23.7. The highest BCUT2D eigenvalue weighted by Gasteiger charge is 2.25. The van der Waals surface area contributed by atoms with E-state index in [4.69, 9.17) is 0 Å². The second-order valence-corrected chi connectivity index (χ2v) is 10.3. The summed E-state index contributed by atoms with van der Waals surface area (Å²) in [4.78, 5) is 27.6. The predicted molar refractivity (Wildman–Crippen MR) is 136 cm³/mol. The summed E-state index contributed by atoms with van der Waals surface area (Å²) in [6.45, 7) is 11.5. The van der Waals surface area contributed by atoms with E-state index >= 15 is 0 Å². The van der Waals surface area contributed by atoms with Crippen molar-refractivity contribution in [3.8, 4) is 0 Å². The average molecular weight is 502 g/mol. The molecular weight excluding hydrogens is 464 g/mol. The number of amides is 2. The Hall–Kier alpha value is -2.14. The Balaban J connectivity index is 2.09. The van der Waals surface area contributed by atoms with Crippen LogP contribution in [0.4, 0.5) is 0 Å². The van der Waals surface area contributed by atoms with Crippen LogP contribution in [0.2, 0.25) is 0 Å². The van der Waals surface area contributed by atoms with E-state index in [1.165, 1.54) is 5.56 Å². The zero-order valence-corrected chi connectivity index (χ0v) is 21.7. The van der Waals surface area contributed by atoms with Gasteiger partial charge in [0.25, 0.3) is 0 Å². The maximum atomic E-state index is 13.2. The molecule has 2 aromatic rings. The molecule has 2 rings (SSSR count). The summed E-state index contributed by atoms with van der Waals surface area (Å²) in [7, 11) is 0. The van der Waals surface area contributed by atoms with E-state index in [2.05, 4.69) is 73.2 Å². The molecule has 0 aliphatic heterocycles. The van der Waals surface area contributed by atoms with Gasteiger partial charge in [-0.1, -0.05) is 86.4 Å². The molecule has 32 heavy (non-hydrogen) atoms. The molecule has 1 unspecified atom stereocenters. The van der Waals surface area contributed by atoms with Gasteiger partial charge in [0.2, 0.25) is 11.8 Å². The van der Waals surface area contributed by atoms with Crippen LogP contribution in [0.5, 0.6) is 0 Å². The topological polar surface area (TPSA) is 49.4 Å². The number of hydrogen-bond donors (Lipinski definition) is 1. The van der Waals surface area contributed by atoms with Crippen molar-refractivity contribution in [3.05, 3.63) is 69.7 Å². The molecule has 0 radical (unpaired) electrons. The first-order chi connectivity index (χ1) is 15.1. The molecular formula is C27H37BrN2O2. The third kappa shape index (κ3) is 8.09. The molecule has 0 spiro atoms. The number of benzene rings is 2. The van der Waals surface area contributed by atoms with Gasteiger partial charge in [-0.3, -0.25) is 9.59 Å². The predicted octanol–water partition coefficient (Wildman–Crippen LogP) is 6.01. The Labute approximate surface area is 201 Å². The van der Waals surface area contributed by atoms with E-state index in [1.807, 2.05) is 31.2 Å². The fourth-order valence-corrected chi connectivity index (χ4v) is 3.74. The maximum Gasteiger partial charge on any atom is 0.242 e. The van der Waals surface area contributed by atoms with E-state index in [0.29, 0.717) is 25.9 Å². The molecule has 2 amide bonds. The Morgan fingerprint density at radius 3 is 2.16 bits per heavy atom. The highest BCUT2D eigenvalue weighted by atomic mass is 79.9. The van der Waals surface area contributed by atoms with E-state index in [-0.39, 0.29) is 17.2 Å². The lowest BCUT2D eigenvalue weighted by atomic mass is 9.86. The van der Waals surface area contributed by atoms with E-state index < -0.39 is 6.04 Å². The number of carbonyl (C=O) groups is 2. The number of rotatable bonds is 10. The Morgan fingerprint density at radius 1 is 1.00 bits per heavy atom. The number of unbranched alkanes of at least 4 members (excludes halogenated alkanes) is 1. The molecule has 1 atom stereocenters. The summed E-state index contributed by atoms with van der Waals surface area (Å²) >= 11 is 3.45. The fourth-order valence-electron chi connectivity index (χ4n) is 3.47. The number of aryl methyl sites for hydroxylation is 1. The second-order valence-electron chi connectivity index (χ2n) is 9.42. The molecule has 0 saturated heterocycles. The smallest absolute Gasteiger partial charge is 0.242 e. The maximum absolute atomic E-state index is 13.2. The molecule has 0 aromatic heterocycles. The van der Waals surface area contributed by atoms with Crippen LogP contribution in [0.25, 0.3) is 0 Å². The summed E-state index contributed by atoms with van der Waals surface area (Å²) in [5, 5.41) is 2.97. The van der Waals surface area contributed by atoms with Crippen molar-refractivity contribution < 1.29 is 9.59 Å². The van der Waals surface area contributed by atoms with E-state index in [9.17, 15) is 9.59 Å². The van der Waals surface area contributed by atoms with Crippen LogP contribution in [-0.2, 0) is 28.0 Å². The molecule has 5 heteroatoms. The van der Waals surface area contributed by atoms with Crippen LogP contribution >= 0.6 is 15.9 Å². The third-order valence-corrected chi connectivity index (χ3v) is 6.24. The van der Waals surface area contributed by atoms with Crippen molar-refractivity contribution in [2.75, 3.05) is 6.54 Å². The minimum Gasteiger partial charge on any atom is -0.354 e. The Morgan fingerprint density at radius 2 is 1.59 bits per heavy atom. The number of nitrogens with one attached hydrogen (secondary N) is 1. The molecule has 0 saturated carbocycles. The van der Waals surface area contributed by atoms with Gasteiger partial charge < -0.3 is 10.2 Å². The largest absolute Gasteiger partial charge is 0.354 e. The molecule has 0 aliphatic rings. The standard InChI is InChI=1S/C27H37BrN2O2/c1-6-7-18-29-26(32)20(2)30(19-22-10-15-24(28)16-11-22)25(31)17-12-21-8-13-23(14-9-21)27(3,4)5/h8-11,13-16,20H,6-7,12,17-19H2,1-5H3,(H,29,32). The van der Waals surface area contributed by atoms with Gasteiger partial charge in [0.05, 0.1) is 0 Å². The quantitative estimate of drug-likeness (QED) is 0.405. The van der Waals surface area contributed by atoms with Crippen LogP contribution < -0.4 is 5.32 Å². The van der Waals surface area contributed by atoms with Gasteiger partial charge in [-0.05, 0) is 54.0 Å². The number of halogens is 1. The zero-order valence-electron chi connectivity index (χ0n) is 20.1. The molecule has 2 aromatic carbocycles. The van der Waals surface area contributed by atoms with E-state index in [0.717, 1.165) is 28.4 Å². The number of carbonyl (C=O) groups excluding carboxylic acids is 2. The minimum absolute atomic E-state index is 0.00837. The number of hydrogen-bond acceptors (Lipinski definition) is 2. The molecule has 4 nitrogen and oxygen atoms in total. The Bertz CT molecular complexity index is 870.